The number of aryl methyl sites for hydroxylation is 1. The molecular formula is C10H9Br2N3. The van der Waals surface area contributed by atoms with Crippen LogP contribution in [0.15, 0.2) is 33.3 Å². The predicted molar refractivity (Wildman–Crippen MR) is 65.7 cm³/mol. The summed E-state index contributed by atoms with van der Waals surface area (Å²) in [4.78, 5) is 1.68. The lowest BCUT2D eigenvalue weighted by molar-refractivity contribution is 0.585. The van der Waals surface area contributed by atoms with Crippen molar-refractivity contribution in [3.8, 4) is 0 Å². The first-order valence-corrected chi connectivity index (χ1v) is 6.05. The van der Waals surface area contributed by atoms with E-state index < -0.39 is 0 Å². The maximum atomic E-state index is 4.27. The Labute approximate surface area is 105 Å². The van der Waals surface area contributed by atoms with Crippen LogP contribution in [0.3, 0.4) is 0 Å². The number of rotatable bonds is 2. The minimum Gasteiger partial charge on any atom is -0.179 e. The molecule has 1 aromatic carbocycles. The monoisotopic (exact) mass is 329 g/mol. The third-order valence-electron chi connectivity index (χ3n) is 2.00. The lowest BCUT2D eigenvalue weighted by Crippen LogP contribution is -2.03. The van der Waals surface area contributed by atoms with Crippen LogP contribution in [0.4, 0.5) is 0 Å². The molecule has 0 saturated heterocycles. The Morgan fingerprint density at radius 2 is 1.80 bits per heavy atom. The van der Waals surface area contributed by atoms with E-state index in [4.69, 9.17) is 0 Å². The standard InChI is InChI=1S/C10H9Br2N3/c1-7-10(12)14-15(13-7)6-8-2-4-9(11)5-3-8/h2-5H,6H2,1H3. The van der Waals surface area contributed by atoms with Crippen molar-refractivity contribution in [1.29, 1.82) is 0 Å². The normalized spacial score (nSPS) is 10.6. The highest BCUT2D eigenvalue weighted by atomic mass is 79.9. The molecule has 0 aliphatic heterocycles. The van der Waals surface area contributed by atoms with Gasteiger partial charge in [-0.25, -0.2) is 0 Å². The van der Waals surface area contributed by atoms with Gasteiger partial charge in [0.25, 0.3) is 0 Å². The minimum atomic E-state index is 0.694. The number of aromatic nitrogens is 3. The second-order valence-corrected chi connectivity index (χ2v) is 4.90. The Morgan fingerprint density at radius 3 is 2.33 bits per heavy atom. The third-order valence-corrected chi connectivity index (χ3v) is 3.27. The lowest BCUT2D eigenvalue weighted by atomic mass is 10.2. The van der Waals surface area contributed by atoms with Crippen molar-refractivity contribution in [2.75, 3.05) is 0 Å². The first-order chi connectivity index (χ1) is 7.15. The largest absolute Gasteiger partial charge is 0.179 e. The number of hydrogen-bond acceptors (Lipinski definition) is 2. The molecule has 0 saturated carbocycles. The molecule has 2 aromatic rings. The van der Waals surface area contributed by atoms with E-state index in [2.05, 4.69) is 54.2 Å². The van der Waals surface area contributed by atoms with Gasteiger partial charge >= 0.3 is 0 Å². The summed E-state index contributed by atoms with van der Waals surface area (Å²) in [5.41, 5.74) is 2.09. The highest BCUT2D eigenvalue weighted by Gasteiger charge is 2.03. The van der Waals surface area contributed by atoms with Gasteiger partial charge in [-0.2, -0.15) is 9.90 Å². The average molecular weight is 331 g/mol. The summed E-state index contributed by atoms with van der Waals surface area (Å²) in [6.07, 6.45) is 0. The van der Waals surface area contributed by atoms with Gasteiger partial charge in [-0.3, -0.25) is 0 Å². The van der Waals surface area contributed by atoms with E-state index in [1.807, 2.05) is 19.1 Å². The molecule has 0 aliphatic rings. The van der Waals surface area contributed by atoms with Crippen LogP contribution < -0.4 is 0 Å². The number of nitrogens with zero attached hydrogens (tertiary/aromatic N) is 3. The summed E-state index contributed by atoms with van der Waals surface area (Å²) >= 11 is 6.74. The van der Waals surface area contributed by atoms with Crippen molar-refractivity contribution < 1.29 is 0 Å². The van der Waals surface area contributed by atoms with Crippen molar-refractivity contribution in [3.63, 3.8) is 0 Å². The Bertz CT molecular complexity index is 443. The summed E-state index contributed by atoms with van der Waals surface area (Å²) in [6.45, 7) is 2.62. The molecule has 5 heteroatoms. The SMILES string of the molecule is Cc1nn(Cc2ccc(Br)cc2)nc1Br. The van der Waals surface area contributed by atoms with E-state index in [0.717, 1.165) is 14.8 Å². The number of hydrogen-bond donors (Lipinski definition) is 0. The van der Waals surface area contributed by atoms with Gasteiger partial charge in [-0.15, -0.1) is 5.10 Å². The zero-order valence-electron chi connectivity index (χ0n) is 8.11. The molecule has 3 nitrogen and oxygen atoms in total. The fourth-order valence-corrected chi connectivity index (χ4v) is 1.76. The smallest absolute Gasteiger partial charge is 0.151 e. The molecule has 1 aromatic heterocycles. The predicted octanol–water partition coefficient (Wildman–Crippen LogP) is 3.16. The van der Waals surface area contributed by atoms with E-state index in [9.17, 15) is 0 Å². The molecule has 0 N–H and O–H groups in total. The van der Waals surface area contributed by atoms with E-state index in [0.29, 0.717) is 6.54 Å². The van der Waals surface area contributed by atoms with E-state index >= 15 is 0 Å². The zero-order chi connectivity index (χ0) is 10.8. The summed E-state index contributed by atoms with van der Waals surface area (Å²) < 4.78 is 1.89. The zero-order valence-corrected chi connectivity index (χ0v) is 11.3. The Kier molecular flexibility index (Phi) is 3.21. The van der Waals surface area contributed by atoms with Gasteiger partial charge in [0.1, 0.15) is 0 Å². The highest BCUT2D eigenvalue weighted by molar-refractivity contribution is 9.10. The van der Waals surface area contributed by atoms with Crippen LogP contribution >= 0.6 is 31.9 Å². The van der Waals surface area contributed by atoms with Crippen LogP contribution in [-0.2, 0) is 6.54 Å². The summed E-state index contributed by atoms with van der Waals surface area (Å²) in [5, 5.41) is 8.51. The fraction of sp³-hybridized carbons (Fsp3) is 0.200. The van der Waals surface area contributed by atoms with Crippen molar-refractivity contribution in [1.82, 2.24) is 15.0 Å². The van der Waals surface area contributed by atoms with E-state index in [-0.39, 0.29) is 0 Å². The quantitative estimate of drug-likeness (QED) is 0.846. The lowest BCUT2D eigenvalue weighted by Gasteiger charge is -1.99. The fourth-order valence-electron chi connectivity index (χ4n) is 1.23. The van der Waals surface area contributed by atoms with Crippen molar-refractivity contribution in [2.45, 2.75) is 13.5 Å². The van der Waals surface area contributed by atoms with Crippen LogP contribution in [0.1, 0.15) is 11.3 Å². The highest BCUT2D eigenvalue weighted by Crippen LogP contribution is 2.13. The van der Waals surface area contributed by atoms with Gasteiger partial charge in [0.2, 0.25) is 0 Å². The second-order valence-electron chi connectivity index (χ2n) is 3.23. The van der Waals surface area contributed by atoms with Crippen molar-refractivity contribution in [3.05, 3.63) is 44.6 Å². The molecule has 0 spiro atoms. The average Bonchev–Trinajstić information content (AvgIpc) is 2.50. The second kappa shape index (κ2) is 4.45. The van der Waals surface area contributed by atoms with Gasteiger partial charge in [-0.05, 0) is 40.5 Å². The molecule has 78 valence electrons. The molecule has 0 bridgehead atoms. The Hall–Kier alpha value is -0.680. The topological polar surface area (TPSA) is 30.7 Å². The molecule has 15 heavy (non-hydrogen) atoms. The number of benzene rings is 1. The number of halogens is 2. The molecule has 1 heterocycles. The minimum absolute atomic E-state index is 0.694. The van der Waals surface area contributed by atoms with Crippen LogP contribution in [0, 0.1) is 6.92 Å². The molecule has 2 rings (SSSR count). The Morgan fingerprint density at radius 1 is 1.13 bits per heavy atom. The molecule has 0 radical (unpaired) electrons. The maximum Gasteiger partial charge on any atom is 0.151 e. The van der Waals surface area contributed by atoms with Crippen LogP contribution in [-0.4, -0.2) is 15.0 Å². The first kappa shape index (κ1) is 10.8. The van der Waals surface area contributed by atoms with Gasteiger partial charge in [0, 0.05) is 4.47 Å². The molecule has 0 atom stereocenters. The summed E-state index contributed by atoms with van der Waals surface area (Å²) in [6, 6.07) is 8.13. The summed E-state index contributed by atoms with van der Waals surface area (Å²) in [7, 11) is 0. The van der Waals surface area contributed by atoms with Crippen LogP contribution in [0.5, 0.6) is 0 Å². The third kappa shape index (κ3) is 2.66. The van der Waals surface area contributed by atoms with Crippen molar-refractivity contribution >= 4 is 31.9 Å². The molecule has 0 unspecified atom stereocenters. The Balaban J connectivity index is 2.18. The van der Waals surface area contributed by atoms with Gasteiger partial charge in [-0.1, -0.05) is 28.1 Å². The molecule has 0 fully saturated rings. The molecular weight excluding hydrogens is 322 g/mol. The maximum absolute atomic E-state index is 4.27. The van der Waals surface area contributed by atoms with Gasteiger partial charge in [0.15, 0.2) is 4.60 Å². The van der Waals surface area contributed by atoms with Crippen LogP contribution in [0.2, 0.25) is 0 Å². The van der Waals surface area contributed by atoms with E-state index in [1.165, 1.54) is 5.56 Å². The van der Waals surface area contributed by atoms with Gasteiger partial charge in [0.05, 0.1) is 12.2 Å². The van der Waals surface area contributed by atoms with E-state index in [1.54, 1.807) is 4.80 Å². The first-order valence-electron chi connectivity index (χ1n) is 4.47. The van der Waals surface area contributed by atoms with Crippen LogP contribution in [0.25, 0.3) is 0 Å². The van der Waals surface area contributed by atoms with Crippen molar-refractivity contribution in [2.24, 2.45) is 0 Å². The molecule has 0 amide bonds. The summed E-state index contributed by atoms with van der Waals surface area (Å²) in [5.74, 6) is 0. The van der Waals surface area contributed by atoms with Gasteiger partial charge < -0.3 is 0 Å². The molecule has 0 aliphatic carbocycles.